The molecule has 0 heterocycles. The Labute approximate surface area is 133 Å². The minimum atomic E-state index is -0.557. The number of carbonyl (C=O) groups excluding carboxylic acids is 2. The summed E-state index contributed by atoms with van der Waals surface area (Å²) in [6.07, 6.45) is 0. The molecule has 22 heavy (non-hydrogen) atoms. The van der Waals surface area contributed by atoms with Gasteiger partial charge in [-0.3, -0.25) is 9.59 Å². The van der Waals surface area contributed by atoms with E-state index in [2.05, 4.69) is 5.32 Å². The molecule has 0 fully saturated rings. The van der Waals surface area contributed by atoms with E-state index in [9.17, 15) is 9.59 Å². The van der Waals surface area contributed by atoms with Crippen LogP contribution in [0.15, 0.2) is 42.5 Å². The fourth-order valence-electron chi connectivity index (χ4n) is 1.73. The number of primary amides is 1. The second-order valence-electron chi connectivity index (χ2n) is 4.70. The van der Waals surface area contributed by atoms with E-state index in [4.69, 9.17) is 22.1 Å². The van der Waals surface area contributed by atoms with Crippen LogP contribution in [0.2, 0.25) is 5.02 Å². The second kappa shape index (κ2) is 6.95. The van der Waals surface area contributed by atoms with Crippen LogP contribution in [-0.4, -0.2) is 18.4 Å². The van der Waals surface area contributed by atoms with Gasteiger partial charge in [-0.25, -0.2) is 0 Å². The molecule has 0 saturated heterocycles. The van der Waals surface area contributed by atoms with E-state index in [1.165, 1.54) is 0 Å². The molecule has 5 nitrogen and oxygen atoms in total. The lowest BCUT2D eigenvalue weighted by molar-refractivity contribution is -0.119. The van der Waals surface area contributed by atoms with Crippen molar-refractivity contribution in [2.45, 2.75) is 6.92 Å². The van der Waals surface area contributed by atoms with Gasteiger partial charge in [0.05, 0.1) is 0 Å². The summed E-state index contributed by atoms with van der Waals surface area (Å²) >= 11 is 6.02. The predicted molar refractivity (Wildman–Crippen MR) is 85.3 cm³/mol. The third-order valence-corrected chi connectivity index (χ3v) is 3.33. The highest BCUT2D eigenvalue weighted by atomic mass is 35.5. The minimum absolute atomic E-state index is 0.201. The molecule has 0 aliphatic rings. The molecular weight excluding hydrogens is 304 g/mol. The van der Waals surface area contributed by atoms with Crippen LogP contribution in [0.3, 0.4) is 0 Å². The zero-order valence-corrected chi connectivity index (χ0v) is 12.7. The lowest BCUT2D eigenvalue weighted by Gasteiger charge is -2.08. The summed E-state index contributed by atoms with van der Waals surface area (Å²) in [4.78, 5) is 22.7. The maximum absolute atomic E-state index is 12.1. The monoisotopic (exact) mass is 318 g/mol. The van der Waals surface area contributed by atoms with Crippen molar-refractivity contribution in [3.63, 3.8) is 0 Å². The molecule has 0 spiro atoms. The number of rotatable bonds is 5. The van der Waals surface area contributed by atoms with Crippen LogP contribution in [0.1, 0.15) is 15.9 Å². The lowest BCUT2D eigenvalue weighted by atomic mass is 10.2. The summed E-state index contributed by atoms with van der Waals surface area (Å²) in [7, 11) is 0. The van der Waals surface area contributed by atoms with E-state index >= 15 is 0 Å². The number of ether oxygens (including phenoxy) is 1. The molecule has 0 aliphatic heterocycles. The number of hydrogen-bond acceptors (Lipinski definition) is 3. The summed E-state index contributed by atoms with van der Waals surface area (Å²) < 4.78 is 5.13. The Hall–Kier alpha value is -2.53. The van der Waals surface area contributed by atoms with Crippen molar-refractivity contribution in [2.24, 2.45) is 5.73 Å². The van der Waals surface area contributed by atoms with Crippen molar-refractivity contribution in [3.8, 4) is 5.75 Å². The van der Waals surface area contributed by atoms with E-state index in [0.717, 1.165) is 5.56 Å². The van der Waals surface area contributed by atoms with Crippen LogP contribution in [0.25, 0.3) is 0 Å². The fraction of sp³-hybridized carbons (Fsp3) is 0.125. The van der Waals surface area contributed by atoms with Gasteiger partial charge in [0.1, 0.15) is 5.75 Å². The van der Waals surface area contributed by atoms with Crippen LogP contribution in [-0.2, 0) is 4.79 Å². The first-order valence-electron chi connectivity index (χ1n) is 6.54. The number of amides is 2. The number of hydrogen-bond donors (Lipinski definition) is 2. The van der Waals surface area contributed by atoms with Crippen LogP contribution < -0.4 is 15.8 Å². The first kappa shape index (κ1) is 15.9. The Morgan fingerprint density at radius 2 is 1.86 bits per heavy atom. The van der Waals surface area contributed by atoms with Gasteiger partial charge in [-0.2, -0.15) is 0 Å². The molecule has 3 N–H and O–H groups in total. The van der Waals surface area contributed by atoms with Gasteiger partial charge in [-0.05, 0) is 48.9 Å². The second-order valence-corrected chi connectivity index (χ2v) is 5.10. The molecule has 2 aromatic rings. The summed E-state index contributed by atoms with van der Waals surface area (Å²) in [5.74, 6) is -0.354. The fourth-order valence-corrected chi connectivity index (χ4v) is 1.91. The van der Waals surface area contributed by atoms with Crippen molar-refractivity contribution < 1.29 is 14.3 Å². The minimum Gasteiger partial charge on any atom is -0.484 e. The molecule has 2 aromatic carbocycles. The van der Waals surface area contributed by atoms with Crippen molar-refractivity contribution >= 4 is 29.1 Å². The van der Waals surface area contributed by atoms with Crippen LogP contribution in [0, 0.1) is 6.92 Å². The van der Waals surface area contributed by atoms with Crippen molar-refractivity contribution in [2.75, 3.05) is 11.9 Å². The maximum Gasteiger partial charge on any atom is 0.255 e. The molecule has 0 unspecified atom stereocenters. The average Bonchev–Trinajstić information content (AvgIpc) is 2.49. The van der Waals surface area contributed by atoms with Gasteiger partial charge in [0.15, 0.2) is 6.61 Å². The normalized spacial score (nSPS) is 10.1. The van der Waals surface area contributed by atoms with Crippen LogP contribution in [0.4, 0.5) is 5.69 Å². The third kappa shape index (κ3) is 4.23. The van der Waals surface area contributed by atoms with Gasteiger partial charge < -0.3 is 15.8 Å². The first-order valence-corrected chi connectivity index (χ1v) is 6.92. The van der Waals surface area contributed by atoms with Crippen LogP contribution in [0.5, 0.6) is 5.75 Å². The number of nitrogens with two attached hydrogens (primary N) is 1. The van der Waals surface area contributed by atoms with E-state index in [-0.39, 0.29) is 12.5 Å². The Bertz CT molecular complexity index is 699. The third-order valence-electron chi connectivity index (χ3n) is 2.93. The highest BCUT2D eigenvalue weighted by Gasteiger charge is 2.07. The highest BCUT2D eigenvalue weighted by Crippen LogP contribution is 2.21. The van der Waals surface area contributed by atoms with Crippen molar-refractivity contribution in [3.05, 3.63) is 58.6 Å². The number of benzene rings is 2. The molecule has 0 saturated carbocycles. The Balaban J connectivity index is 2.03. The molecule has 0 aromatic heterocycles. The Morgan fingerprint density at radius 3 is 2.45 bits per heavy atom. The first-order chi connectivity index (χ1) is 10.5. The molecule has 2 amide bonds. The highest BCUT2D eigenvalue weighted by molar-refractivity contribution is 6.31. The smallest absolute Gasteiger partial charge is 0.255 e. The Kier molecular flexibility index (Phi) is 5.01. The molecule has 2 rings (SSSR count). The molecule has 0 radical (unpaired) electrons. The number of halogens is 1. The van der Waals surface area contributed by atoms with Gasteiger partial charge in [-0.1, -0.05) is 17.7 Å². The molecule has 114 valence electrons. The largest absolute Gasteiger partial charge is 0.484 e. The van der Waals surface area contributed by atoms with E-state index < -0.39 is 5.91 Å². The Morgan fingerprint density at radius 1 is 1.18 bits per heavy atom. The van der Waals surface area contributed by atoms with E-state index in [1.54, 1.807) is 36.4 Å². The molecule has 6 heteroatoms. The van der Waals surface area contributed by atoms with Crippen molar-refractivity contribution in [1.29, 1.82) is 0 Å². The molecule has 0 bridgehead atoms. The lowest BCUT2D eigenvalue weighted by Crippen LogP contribution is -2.20. The van der Waals surface area contributed by atoms with Gasteiger partial charge in [0.2, 0.25) is 0 Å². The molecule has 0 aliphatic carbocycles. The summed E-state index contributed by atoms with van der Waals surface area (Å²) in [6, 6.07) is 11.7. The van der Waals surface area contributed by atoms with Crippen molar-refractivity contribution in [1.82, 2.24) is 0 Å². The topological polar surface area (TPSA) is 81.4 Å². The zero-order chi connectivity index (χ0) is 16.1. The molecular formula is C16H15ClN2O3. The molecule has 0 atom stereocenters. The van der Waals surface area contributed by atoms with Gasteiger partial charge >= 0.3 is 0 Å². The van der Waals surface area contributed by atoms with Gasteiger partial charge in [0, 0.05) is 16.3 Å². The number of anilines is 1. The number of nitrogens with one attached hydrogen (secondary N) is 1. The zero-order valence-electron chi connectivity index (χ0n) is 11.9. The number of aryl methyl sites for hydroxylation is 1. The average molecular weight is 319 g/mol. The van der Waals surface area contributed by atoms with Gasteiger partial charge in [0.25, 0.3) is 11.8 Å². The SMILES string of the molecule is Cc1ccc(NC(=O)c2ccc(OCC(N)=O)cc2)cc1Cl. The standard InChI is InChI=1S/C16H15ClN2O3/c1-10-2-5-12(8-14(10)17)19-16(21)11-3-6-13(7-4-11)22-9-15(18)20/h2-8H,9H2,1H3,(H2,18,20)(H,19,21). The number of carbonyl (C=O) groups is 2. The predicted octanol–water partition coefficient (Wildman–Crippen LogP) is 2.76. The van der Waals surface area contributed by atoms with E-state index in [1.807, 2.05) is 13.0 Å². The van der Waals surface area contributed by atoms with Crippen LogP contribution >= 0.6 is 11.6 Å². The van der Waals surface area contributed by atoms with Gasteiger partial charge in [-0.15, -0.1) is 0 Å². The maximum atomic E-state index is 12.1. The summed E-state index contributed by atoms with van der Waals surface area (Å²) in [6.45, 7) is 1.69. The quantitative estimate of drug-likeness (QED) is 0.889. The van der Waals surface area contributed by atoms with E-state index in [0.29, 0.717) is 22.0 Å². The summed E-state index contributed by atoms with van der Waals surface area (Å²) in [5.41, 5.74) is 7.01. The summed E-state index contributed by atoms with van der Waals surface area (Å²) in [5, 5.41) is 3.35.